The van der Waals surface area contributed by atoms with Gasteiger partial charge in [0.1, 0.15) is 5.71 Å². The maximum absolute atomic E-state index is 11.2. The number of carbonyl (C=O) groups is 1. The van der Waals surface area contributed by atoms with Crippen molar-refractivity contribution in [1.29, 1.82) is 0 Å². The van der Waals surface area contributed by atoms with Crippen LogP contribution in [0.1, 0.15) is 13.8 Å². The highest BCUT2D eigenvalue weighted by Crippen LogP contribution is 1.95. The molecule has 0 N–H and O–H groups in total. The summed E-state index contributed by atoms with van der Waals surface area (Å²) in [4.78, 5) is 11.2. The summed E-state index contributed by atoms with van der Waals surface area (Å²) >= 11 is 11.2. The van der Waals surface area contributed by atoms with Crippen LogP contribution in [0, 0.1) is 0 Å². The number of ether oxygens (including phenoxy) is 1. The predicted molar refractivity (Wildman–Crippen MR) is 62.8 cm³/mol. The lowest BCUT2D eigenvalue weighted by Crippen LogP contribution is -2.26. The lowest BCUT2D eigenvalue weighted by molar-refractivity contribution is -0.135. The van der Waals surface area contributed by atoms with Gasteiger partial charge in [-0.1, -0.05) is 0 Å². The fraction of sp³-hybridized carbons (Fsp3) is 0.778. The highest BCUT2D eigenvalue weighted by molar-refractivity contribution is 6.35. The Morgan fingerprint density at radius 1 is 1.33 bits per heavy atom. The van der Waals surface area contributed by atoms with Gasteiger partial charge in [0.15, 0.2) is 0 Å². The molecule has 0 aliphatic carbocycles. The molecule has 0 aromatic carbocycles. The van der Waals surface area contributed by atoms with Gasteiger partial charge in [0.2, 0.25) is 0 Å². The summed E-state index contributed by atoms with van der Waals surface area (Å²) in [7, 11) is 0. The number of halogens is 2. The van der Waals surface area contributed by atoms with Gasteiger partial charge in [-0.15, -0.1) is 23.2 Å². The summed E-state index contributed by atoms with van der Waals surface area (Å²) in [6.45, 7) is 4.82. The third kappa shape index (κ3) is 6.57. The van der Waals surface area contributed by atoms with Crippen LogP contribution in [0.2, 0.25) is 0 Å². The molecule has 0 heterocycles. The Labute approximate surface area is 100 Å². The van der Waals surface area contributed by atoms with Gasteiger partial charge >= 0.3 is 5.97 Å². The highest BCUT2D eigenvalue weighted by atomic mass is 35.5. The van der Waals surface area contributed by atoms with E-state index >= 15 is 0 Å². The van der Waals surface area contributed by atoms with Crippen LogP contribution >= 0.6 is 23.2 Å². The van der Waals surface area contributed by atoms with Crippen LogP contribution in [0.5, 0.6) is 0 Å². The summed E-state index contributed by atoms with van der Waals surface area (Å²) in [6.07, 6.45) is 0. The SMILES string of the molecule is CCOC(=O)/C(C)=N\N(CCCl)CCCl. The van der Waals surface area contributed by atoms with E-state index in [1.807, 2.05) is 0 Å². The molecular weight excluding hydrogens is 239 g/mol. The number of esters is 1. The van der Waals surface area contributed by atoms with Gasteiger partial charge < -0.3 is 4.74 Å². The fourth-order valence-corrected chi connectivity index (χ4v) is 1.29. The molecule has 15 heavy (non-hydrogen) atoms. The Hall–Kier alpha value is -0.480. The standard InChI is InChI=1S/C9H16Cl2N2O2/c1-3-15-9(14)8(2)12-13(6-4-10)7-5-11/h3-7H2,1-2H3/b12-8-. The molecule has 0 aliphatic rings. The van der Waals surface area contributed by atoms with Crippen molar-refractivity contribution in [2.75, 3.05) is 31.5 Å². The number of alkyl halides is 2. The van der Waals surface area contributed by atoms with Gasteiger partial charge in [-0.3, -0.25) is 5.01 Å². The van der Waals surface area contributed by atoms with Crippen molar-refractivity contribution in [2.45, 2.75) is 13.8 Å². The normalized spacial score (nSPS) is 11.3. The van der Waals surface area contributed by atoms with Crippen LogP contribution in [0.25, 0.3) is 0 Å². The molecule has 0 saturated carbocycles. The molecule has 0 aliphatic heterocycles. The van der Waals surface area contributed by atoms with E-state index in [9.17, 15) is 4.79 Å². The summed E-state index contributed by atoms with van der Waals surface area (Å²) < 4.78 is 4.80. The average molecular weight is 255 g/mol. The Kier molecular flexibility index (Phi) is 8.52. The van der Waals surface area contributed by atoms with Crippen molar-refractivity contribution in [3.8, 4) is 0 Å². The number of carbonyl (C=O) groups excluding carboxylic acids is 1. The summed E-state index contributed by atoms with van der Waals surface area (Å²) in [6, 6.07) is 0. The van der Waals surface area contributed by atoms with Crippen molar-refractivity contribution in [3.05, 3.63) is 0 Å². The number of rotatable bonds is 7. The van der Waals surface area contributed by atoms with Crippen molar-refractivity contribution in [3.63, 3.8) is 0 Å². The second kappa shape index (κ2) is 8.80. The summed E-state index contributed by atoms with van der Waals surface area (Å²) in [5.41, 5.74) is 0.312. The number of nitrogens with zero attached hydrogens (tertiary/aromatic N) is 2. The summed E-state index contributed by atoms with van der Waals surface area (Å²) in [5.74, 6) is 0.471. The molecule has 0 spiro atoms. The van der Waals surface area contributed by atoms with Crippen LogP contribution in [0.4, 0.5) is 0 Å². The lowest BCUT2D eigenvalue weighted by Gasteiger charge is -2.16. The lowest BCUT2D eigenvalue weighted by atomic mass is 10.4. The third-order valence-electron chi connectivity index (χ3n) is 1.55. The number of hydrazone groups is 1. The molecule has 0 bridgehead atoms. The van der Waals surface area contributed by atoms with Crippen LogP contribution in [-0.4, -0.2) is 48.1 Å². The highest BCUT2D eigenvalue weighted by Gasteiger charge is 2.08. The Morgan fingerprint density at radius 3 is 2.27 bits per heavy atom. The average Bonchev–Trinajstić information content (AvgIpc) is 2.18. The Balaban J connectivity index is 4.30. The van der Waals surface area contributed by atoms with Crippen molar-refractivity contribution >= 4 is 34.9 Å². The zero-order valence-corrected chi connectivity index (χ0v) is 10.5. The van der Waals surface area contributed by atoms with Gasteiger partial charge in [-0.25, -0.2) is 4.79 Å². The van der Waals surface area contributed by atoms with E-state index in [2.05, 4.69) is 5.10 Å². The first-order valence-corrected chi connectivity index (χ1v) is 5.81. The molecule has 88 valence electrons. The van der Waals surface area contributed by atoms with Crippen molar-refractivity contribution < 1.29 is 9.53 Å². The van der Waals surface area contributed by atoms with Gasteiger partial charge in [0, 0.05) is 24.8 Å². The molecule has 0 rings (SSSR count). The molecule has 0 aromatic heterocycles. The first kappa shape index (κ1) is 14.5. The van der Waals surface area contributed by atoms with Crippen molar-refractivity contribution in [2.24, 2.45) is 5.10 Å². The smallest absolute Gasteiger partial charge is 0.354 e. The van der Waals surface area contributed by atoms with E-state index in [0.717, 1.165) is 0 Å². The van der Waals surface area contributed by atoms with Crippen LogP contribution in [0.3, 0.4) is 0 Å². The molecular formula is C9H16Cl2N2O2. The molecule has 0 atom stereocenters. The minimum absolute atomic E-state index is 0.312. The van der Waals surface area contributed by atoms with E-state index in [1.165, 1.54) is 0 Å². The zero-order chi connectivity index (χ0) is 11.7. The Morgan fingerprint density at radius 2 is 1.87 bits per heavy atom. The predicted octanol–water partition coefficient (Wildman–Crippen LogP) is 1.71. The van der Waals surface area contributed by atoms with E-state index in [-0.39, 0.29) is 0 Å². The van der Waals surface area contributed by atoms with Gasteiger partial charge in [0.05, 0.1) is 6.61 Å². The van der Waals surface area contributed by atoms with Gasteiger partial charge in [-0.05, 0) is 13.8 Å². The topological polar surface area (TPSA) is 41.9 Å². The minimum Gasteiger partial charge on any atom is -0.461 e. The second-order valence-electron chi connectivity index (χ2n) is 2.74. The minimum atomic E-state index is -0.411. The Bertz CT molecular complexity index is 216. The molecule has 0 amide bonds. The maximum atomic E-state index is 11.2. The third-order valence-corrected chi connectivity index (χ3v) is 1.89. The maximum Gasteiger partial charge on any atom is 0.354 e. The second-order valence-corrected chi connectivity index (χ2v) is 3.49. The van der Waals surface area contributed by atoms with E-state index < -0.39 is 5.97 Å². The van der Waals surface area contributed by atoms with Crippen LogP contribution in [-0.2, 0) is 9.53 Å². The molecule has 0 aromatic rings. The number of hydrogen-bond donors (Lipinski definition) is 0. The molecule has 6 heteroatoms. The van der Waals surface area contributed by atoms with E-state index in [1.54, 1.807) is 18.9 Å². The van der Waals surface area contributed by atoms with Crippen molar-refractivity contribution in [1.82, 2.24) is 5.01 Å². The van der Waals surface area contributed by atoms with Crippen LogP contribution in [0.15, 0.2) is 5.10 Å². The van der Waals surface area contributed by atoms with E-state index in [4.69, 9.17) is 27.9 Å². The van der Waals surface area contributed by atoms with Gasteiger partial charge in [-0.2, -0.15) is 5.10 Å². The first-order chi connectivity index (χ1) is 7.15. The molecule has 0 unspecified atom stereocenters. The van der Waals surface area contributed by atoms with Gasteiger partial charge in [0.25, 0.3) is 0 Å². The number of hydrogen-bond acceptors (Lipinski definition) is 4. The monoisotopic (exact) mass is 254 g/mol. The van der Waals surface area contributed by atoms with Crippen LogP contribution < -0.4 is 0 Å². The fourth-order valence-electron chi connectivity index (χ4n) is 0.895. The molecule has 4 nitrogen and oxygen atoms in total. The quantitative estimate of drug-likeness (QED) is 0.301. The largest absolute Gasteiger partial charge is 0.461 e. The first-order valence-electron chi connectivity index (χ1n) is 4.74. The molecule has 0 fully saturated rings. The van der Waals surface area contributed by atoms with E-state index in [0.29, 0.717) is 37.2 Å². The summed E-state index contributed by atoms with van der Waals surface area (Å²) in [5, 5.41) is 5.74. The zero-order valence-electron chi connectivity index (χ0n) is 9.00. The molecule has 0 radical (unpaired) electrons. The molecule has 0 saturated heterocycles.